The molecule has 0 saturated heterocycles. The third-order valence-electron chi connectivity index (χ3n) is 4.29. The topological polar surface area (TPSA) is 66.0 Å². The van der Waals surface area contributed by atoms with E-state index in [1.165, 1.54) is 5.56 Å². The van der Waals surface area contributed by atoms with Gasteiger partial charge in [-0.2, -0.15) is 0 Å². The van der Waals surface area contributed by atoms with E-state index in [-0.39, 0.29) is 0 Å². The number of aromatic nitrogens is 4. The van der Waals surface area contributed by atoms with E-state index >= 15 is 0 Å². The third kappa shape index (κ3) is 3.66. The lowest BCUT2D eigenvalue weighted by Crippen LogP contribution is -2.01. The molecule has 4 rings (SSSR count). The minimum atomic E-state index is 0.622. The normalized spacial score (nSPS) is 11.0. The molecule has 2 aromatic heterocycles. The van der Waals surface area contributed by atoms with Crippen LogP contribution in [0.25, 0.3) is 17.1 Å². The quantitative estimate of drug-likeness (QED) is 0.438. The molecular weight excluding hydrogens is 372 g/mol. The molecule has 6 nitrogen and oxygen atoms in total. The van der Waals surface area contributed by atoms with Gasteiger partial charge in [0.05, 0.1) is 24.1 Å². The van der Waals surface area contributed by atoms with Crippen molar-refractivity contribution in [3.05, 3.63) is 71.6 Å². The Balaban J connectivity index is 1.78. The molecule has 0 aliphatic carbocycles. The molecule has 0 saturated carbocycles. The summed E-state index contributed by atoms with van der Waals surface area (Å²) in [6.07, 6.45) is 0. The van der Waals surface area contributed by atoms with Gasteiger partial charge in [-0.25, -0.2) is 0 Å². The molecule has 0 amide bonds. The van der Waals surface area contributed by atoms with E-state index in [4.69, 9.17) is 9.26 Å². The first-order chi connectivity index (χ1) is 13.7. The van der Waals surface area contributed by atoms with Crippen LogP contribution in [0, 0.1) is 13.8 Å². The molecular formula is C21H20N4O2S. The second-order valence-electron chi connectivity index (χ2n) is 6.40. The van der Waals surface area contributed by atoms with Crippen molar-refractivity contribution in [2.24, 2.45) is 0 Å². The molecule has 0 spiro atoms. The number of para-hydroxylation sites is 1. The molecule has 0 bridgehead atoms. The Hall–Kier alpha value is -3.06. The van der Waals surface area contributed by atoms with Crippen LogP contribution in [0.3, 0.4) is 0 Å². The largest absolute Gasteiger partial charge is 0.496 e. The summed E-state index contributed by atoms with van der Waals surface area (Å²) >= 11 is 1.56. The van der Waals surface area contributed by atoms with E-state index in [9.17, 15) is 0 Å². The molecule has 7 heteroatoms. The van der Waals surface area contributed by atoms with Crippen molar-refractivity contribution in [3.8, 4) is 22.8 Å². The van der Waals surface area contributed by atoms with Crippen molar-refractivity contribution in [2.75, 3.05) is 7.11 Å². The Morgan fingerprint density at radius 1 is 1.04 bits per heavy atom. The van der Waals surface area contributed by atoms with Crippen molar-refractivity contribution < 1.29 is 9.26 Å². The van der Waals surface area contributed by atoms with Gasteiger partial charge >= 0.3 is 0 Å². The lowest BCUT2D eigenvalue weighted by molar-refractivity contribution is 0.391. The maximum Gasteiger partial charge on any atom is 0.196 e. The highest BCUT2D eigenvalue weighted by molar-refractivity contribution is 7.98. The number of nitrogens with zero attached hydrogens (tertiary/aromatic N) is 4. The van der Waals surface area contributed by atoms with Crippen molar-refractivity contribution in [2.45, 2.75) is 24.8 Å². The monoisotopic (exact) mass is 392 g/mol. The molecule has 4 aromatic rings. The van der Waals surface area contributed by atoms with E-state index in [1.54, 1.807) is 18.9 Å². The fraction of sp³-hybridized carbons (Fsp3) is 0.190. The summed E-state index contributed by atoms with van der Waals surface area (Å²) in [5.41, 5.74) is 3.94. The van der Waals surface area contributed by atoms with Gasteiger partial charge in [0.2, 0.25) is 0 Å². The minimum absolute atomic E-state index is 0.622. The van der Waals surface area contributed by atoms with E-state index < -0.39 is 0 Å². The number of hydrogen-bond donors (Lipinski definition) is 0. The molecule has 2 heterocycles. The second kappa shape index (κ2) is 7.90. The van der Waals surface area contributed by atoms with E-state index in [0.717, 1.165) is 39.4 Å². The number of hydrogen-bond acceptors (Lipinski definition) is 6. The third-order valence-corrected chi connectivity index (χ3v) is 5.24. The fourth-order valence-corrected chi connectivity index (χ4v) is 3.74. The fourth-order valence-electron chi connectivity index (χ4n) is 2.91. The average Bonchev–Trinajstić information content (AvgIpc) is 3.33. The molecule has 0 fully saturated rings. The summed E-state index contributed by atoms with van der Waals surface area (Å²) in [5, 5.41) is 13.6. The Labute approximate surface area is 167 Å². The molecule has 28 heavy (non-hydrogen) atoms. The van der Waals surface area contributed by atoms with Gasteiger partial charge in [-0.1, -0.05) is 46.7 Å². The summed E-state index contributed by atoms with van der Waals surface area (Å²) in [7, 11) is 1.66. The van der Waals surface area contributed by atoms with Crippen LogP contribution in [-0.4, -0.2) is 27.0 Å². The zero-order chi connectivity index (χ0) is 19.5. The van der Waals surface area contributed by atoms with Crippen LogP contribution in [-0.2, 0) is 5.75 Å². The van der Waals surface area contributed by atoms with Crippen molar-refractivity contribution >= 4 is 11.8 Å². The van der Waals surface area contributed by atoms with Gasteiger partial charge in [0.1, 0.15) is 11.5 Å². The van der Waals surface area contributed by atoms with Crippen LogP contribution in [0.5, 0.6) is 5.75 Å². The summed E-state index contributed by atoms with van der Waals surface area (Å²) in [4.78, 5) is 0. The molecule has 142 valence electrons. The van der Waals surface area contributed by atoms with Gasteiger partial charge in [0.15, 0.2) is 11.0 Å². The average molecular weight is 392 g/mol. The number of rotatable bonds is 6. The van der Waals surface area contributed by atoms with Crippen LogP contribution in [0.4, 0.5) is 0 Å². The highest BCUT2D eigenvalue weighted by atomic mass is 32.2. The van der Waals surface area contributed by atoms with Crippen LogP contribution in [0.15, 0.2) is 64.3 Å². The number of thioether (sulfide) groups is 1. The van der Waals surface area contributed by atoms with E-state index in [1.807, 2.05) is 41.8 Å². The maximum absolute atomic E-state index is 5.54. The standard InChI is InChI=1S/C21H20N4O2S/c1-14-8-10-16(11-9-14)25-20(18-6-4-5-7-19(18)26-3)22-23-21(25)28-13-17-12-15(2)24-27-17/h4-12H,13H2,1-3H3. The van der Waals surface area contributed by atoms with Crippen LogP contribution in [0.1, 0.15) is 17.0 Å². The van der Waals surface area contributed by atoms with Gasteiger partial charge in [0, 0.05) is 11.8 Å². The van der Waals surface area contributed by atoms with E-state index in [0.29, 0.717) is 5.75 Å². The van der Waals surface area contributed by atoms with Crippen LogP contribution in [0.2, 0.25) is 0 Å². The molecule has 0 aliphatic rings. The summed E-state index contributed by atoms with van der Waals surface area (Å²) in [6.45, 7) is 3.98. The zero-order valence-electron chi connectivity index (χ0n) is 15.9. The number of methoxy groups -OCH3 is 1. The Kier molecular flexibility index (Phi) is 5.16. The summed E-state index contributed by atoms with van der Waals surface area (Å²) in [6, 6.07) is 18.1. The Morgan fingerprint density at radius 2 is 1.82 bits per heavy atom. The zero-order valence-corrected chi connectivity index (χ0v) is 16.7. The van der Waals surface area contributed by atoms with E-state index in [2.05, 4.69) is 46.5 Å². The molecule has 2 aromatic carbocycles. The number of ether oxygens (including phenoxy) is 1. The predicted octanol–water partition coefficient (Wildman–Crippen LogP) is 4.84. The number of aryl methyl sites for hydroxylation is 2. The SMILES string of the molecule is COc1ccccc1-c1nnc(SCc2cc(C)no2)n1-c1ccc(C)cc1. The lowest BCUT2D eigenvalue weighted by atomic mass is 10.1. The van der Waals surface area contributed by atoms with Crippen LogP contribution < -0.4 is 4.74 Å². The van der Waals surface area contributed by atoms with Crippen molar-refractivity contribution in [1.29, 1.82) is 0 Å². The van der Waals surface area contributed by atoms with Gasteiger partial charge in [0.25, 0.3) is 0 Å². The highest BCUT2D eigenvalue weighted by Crippen LogP contribution is 2.34. The summed E-state index contributed by atoms with van der Waals surface area (Å²) < 4.78 is 12.9. The molecule has 0 N–H and O–H groups in total. The van der Waals surface area contributed by atoms with Gasteiger partial charge in [-0.3, -0.25) is 4.57 Å². The molecule has 0 unspecified atom stereocenters. The Morgan fingerprint density at radius 3 is 2.54 bits per heavy atom. The first-order valence-electron chi connectivity index (χ1n) is 8.86. The van der Waals surface area contributed by atoms with Crippen LogP contribution >= 0.6 is 11.8 Å². The van der Waals surface area contributed by atoms with Crippen molar-refractivity contribution in [1.82, 2.24) is 19.9 Å². The molecule has 0 aliphatic heterocycles. The minimum Gasteiger partial charge on any atom is -0.496 e. The predicted molar refractivity (Wildman–Crippen MR) is 109 cm³/mol. The lowest BCUT2D eigenvalue weighted by Gasteiger charge is -2.12. The first-order valence-corrected chi connectivity index (χ1v) is 9.85. The summed E-state index contributed by atoms with van der Waals surface area (Å²) in [5.74, 6) is 2.92. The number of benzene rings is 2. The molecule has 0 atom stereocenters. The maximum atomic E-state index is 5.54. The van der Waals surface area contributed by atoms with Gasteiger partial charge in [-0.05, 0) is 38.1 Å². The van der Waals surface area contributed by atoms with Gasteiger partial charge in [-0.15, -0.1) is 10.2 Å². The highest BCUT2D eigenvalue weighted by Gasteiger charge is 2.19. The van der Waals surface area contributed by atoms with Gasteiger partial charge < -0.3 is 9.26 Å². The smallest absolute Gasteiger partial charge is 0.196 e. The Bertz CT molecular complexity index is 1090. The molecule has 0 radical (unpaired) electrons. The van der Waals surface area contributed by atoms with Crippen molar-refractivity contribution in [3.63, 3.8) is 0 Å². The first kappa shape index (κ1) is 18.3. The second-order valence-corrected chi connectivity index (χ2v) is 7.34.